The molecule has 0 aromatic carbocycles. The largest absolute Gasteiger partial charge is 0.479 e. The normalized spacial score (nSPS) is 22.6. The lowest BCUT2D eigenvalue weighted by molar-refractivity contribution is -0.143. The quantitative estimate of drug-likeness (QED) is 0.894. The number of methoxy groups -OCH3 is 1. The van der Waals surface area contributed by atoms with Crippen LogP contribution in [0.3, 0.4) is 0 Å². The highest BCUT2D eigenvalue weighted by atomic mass is 35.5. The van der Waals surface area contributed by atoms with Crippen LogP contribution in [0.4, 0.5) is 5.95 Å². The van der Waals surface area contributed by atoms with Gasteiger partial charge in [0.15, 0.2) is 0 Å². The van der Waals surface area contributed by atoms with E-state index in [0.717, 1.165) is 6.42 Å². The number of aliphatic carboxylic acids is 1. The summed E-state index contributed by atoms with van der Waals surface area (Å²) >= 11 is 5.81. The van der Waals surface area contributed by atoms with Crippen LogP contribution in [0.15, 0.2) is 0 Å². The van der Waals surface area contributed by atoms with Gasteiger partial charge in [-0.3, -0.25) is 0 Å². The minimum atomic E-state index is -0.976. The first kappa shape index (κ1) is 13.8. The van der Waals surface area contributed by atoms with E-state index in [9.17, 15) is 9.90 Å². The number of ether oxygens (including phenoxy) is 1. The van der Waals surface area contributed by atoms with E-state index in [2.05, 4.69) is 15.0 Å². The van der Waals surface area contributed by atoms with Crippen LogP contribution in [0.2, 0.25) is 5.28 Å². The number of aromatic nitrogens is 3. The third-order valence-electron chi connectivity index (χ3n) is 3.47. The number of halogens is 1. The molecule has 1 aliphatic heterocycles. The van der Waals surface area contributed by atoms with Gasteiger partial charge in [-0.25, -0.2) is 4.79 Å². The van der Waals surface area contributed by atoms with Crippen molar-refractivity contribution in [3.63, 3.8) is 0 Å². The SMILES string of the molecule is CCC1(C(=O)O)CCCN1c1nc(Cl)nc(OC)n1. The third kappa shape index (κ3) is 2.30. The second-order valence-electron chi connectivity index (χ2n) is 4.34. The molecule has 0 amide bonds. The van der Waals surface area contributed by atoms with Gasteiger partial charge >= 0.3 is 12.0 Å². The summed E-state index contributed by atoms with van der Waals surface area (Å²) in [5, 5.41) is 9.50. The van der Waals surface area contributed by atoms with Gasteiger partial charge in [0.05, 0.1) is 7.11 Å². The van der Waals surface area contributed by atoms with E-state index in [0.29, 0.717) is 19.4 Å². The molecule has 7 nitrogen and oxygen atoms in total. The van der Waals surface area contributed by atoms with Gasteiger partial charge in [-0.2, -0.15) is 15.0 Å². The number of rotatable bonds is 4. The van der Waals surface area contributed by atoms with Crippen molar-refractivity contribution >= 4 is 23.5 Å². The van der Waals surface area contributed by atoms with Crippen LogP contribution >= 0.6 is 11.6 Å². The van der Waals surface area contributed by atoms with Crippen molar-refractivity contribution < 1.29 is 14.6 Å². The van der Waals surface area contributed by atoms with Crippen molar-refractivity contribution in [2.45, 2.75) is 31.7 Å². The zero-order valence-corrected chi connectivity index (χ0v) is 11.5. The average molecular weight is 287 g/mol. The third-order valence-corrected chi connectivity index (χ3v) is 3.64. The van der Waals surface area contributed by atoms with Crippen LogP contribution in [-0.4, -0.2) is 45.2 Å². The number of nitrogens with zero attached hydrogens (tertiary/aromatic N) is 4. The summed E-state index contributed by atoms with van der Waals surface area (Å²) in [6.45, 7) is 2.41. The van der Waals surface area contributed by atoms with E-state index in [1.54, 1.807) is 4.90 Å². The highest BCUT2D eigenvalue weighted by Crippen LogP contribution is 2.35. The van der Waals surface area contributed by atoms with Gasteiger partial charge in [0, 0.05) is 6.54 Å². The lowest BCUT2D eigenvalue weighted by atomic mass is 9.93. The first-order valence-electron chi connectivity index (χ1n) is 6.00. The summed E-state index contributed by atoms with van der Waals surface area (Å²) < 4.78 is 4.94. The fourth-order valence-electron chi connectivity index (χ4n) is 2.45. The molecule has 2 rings (SSSR count). The molecule has 19 heavy (non-hydrogen) atoms. The zero-order chi connectivity index (χ0) is 14.0. The topological polar surface area (TPSA) is 88.4 Å². The summed E-state index contributed by atoms with van der Waals surface area (Å²) in [6.07, 6.45) is 1.80. The molecule has 1 aromatic heterocycles. The Hall–Kier alpha value is -1.63. The highest BCUT2D eigenvalue weighted by molar-refractivity contribution is 6.28. The lowest BCUT2D eigenvalue weighted by Gasteiger charge is -2.33. The average Bonchev–Trinajstić information content (AvgIpc) is 2.83. The maximum atomic E-state index is 11.6. The Morgan fingerprint density at radius 3 is 2.84 bits per heavy atom. The van der Waals surface area contributed by atoms with Gasteiger partial charge in [0.2, 0.25) is 11.2 Å². The van der Waals surface area contributed by atoms with Crippen LogP contribution in [0.5, 0.6) is 6.01 Å². The maximum absolute atomic E-state index is 11.6. The van der Waals surface area contributed by atoms with Crippen LogP contribution in [0.25, 0.3) is 0 Å². The Labute approximate surface area is 115 Å². The van der Waals surface area contributed by atoms with Crippen molar-refractivity contribution in [3.8, 4) is 6.01 Å². The Morgan fingerprint density at radius 2 is 2.26 bits per heavy atom. The second kappa shape index (κ2) is 5.16. The Balaban J connectivity index is 2.45. The molecule has 0 radical (unpaired) electrons. The summed E-state index contributed by atoms with van der Waals surface area (Å²) in [5.41, 5.74) is -0.976. The van der Waals surface area contributed by atoms with E-state index >= 15 is 0 Å². The zero-order valence-electron chi connectivity index (χ0n) is 10.8. The van der Waals surface area contributed by atoms with Crippen molar-refractivity contribution in [2.24, 2.45) is 0 Å². The second-order valence-corrected chi connectivity index (χ2v) is 4.67. The molecule has 1 unspecified atom stereocenters. The molecular weight excluding hydrogens is 272 g/mol. The van der Waals surface area contributed by atoms with Crippen LogP contribution in [0, 0.1) is 0 Å². The number of carboxylic acids is 1. The summed E-state index contributed by atoms with van der Waals surface area (Å²) in [6, 6.07) is 0.0808. The molecule has 0 spiro atoms. The van der Waals surface area contributed by atoms with Gasteiger partial charge in [0.25, 0.3) is 0 Å². The fraction of sp³-hybridized carbons (Fsp3) is 0.636. The molecular formula is C11H15ClN4O3. The predicted octanol–water partition coefficient (Wildman–Crippen LogP) is 1.37. The molecule has 1 saturated heterocycles. The summed E-state index contributed by atoms with van der Waals surface area (Å²) in [5.74, 6) is -0.624. The Kier molecular flexibility index (Phi) is 3.75. The van der Waals surface area contributed by atoms with Gasteiger partial charge in [0.1, 0.15) is 5.54 Å². The Morgan fingerprint density at radius 1 is 1.53 bits per heavy atom. The number of hydrogen-bond donors (Lipinski definition) is 1. The monoisotopic (exact) mass is 286 g/mol. The fourth-order valence-corrected chi connectivity index (χ4v) is 2.59. The highest BCUT2D eigenvalue weighted by Gasteiger charge is 2.47. The molecule has 1 fully saturated rings. The standard InChI is InChI=1S/C11H15ClN4O3/c1-3-11(7(17)18)5-4-6-16(11)9-13-8(12)14-10(15-9)19-2/h3-6H2,1-2H3,(H,17,18). The van der Waals surface area contributed by atoms with Crippen molar-refractivity contribution in [3.05, 3.63) is 5.28 Å². The minimum absolute atomic E-state index is 0.0101. The van der Waals surface area contributed by atoms with Gasteiger partial charge < -0.3 is 14.7 Å². The lowest BCUT2D eigenvalue weighted by Crippen LogP contribution is -2.51. The van der Waals surface area contributed by atoms with Crippen LogP contribution in [-0.2, 0) is 4.79 Å². The van der Waals surface area contributed by atoms with Crippen molar-refractivity contribution in [2.75, 3.05) is 18.6 Å². The summed E-state index contributed by atoms with van der Waals surface area (Å²) in [4.78, 5) is 25.2. The molecule has 1 N–H and O–H groups in total. The minimum Gasteiger partial charge on any atom is -0.479 e. The summed E-state index contributed by atoms with van der Waals surface area (Å²) in [7, 11) is 1.42. The van der Waals surface area contributed by atoms with Crippen molar-refractivity contribution in [1.29, 1.82) is 0 Å². The smallest absolute Gasteiger partial charge is 0.329 e. The molecule has 0 saturated carbocycles. The molecule has 1 aliphatic rings. The first-order chi connectivity index (χ1) is 9.03. The van der Waals surface area contributed by atoms with Crippen LogP contribution in [0.1, 0.15) is 26.2 Å². The van der Waals surface area contributed by atoms with E-state index in [4.69, 9.17) is 16.3 Å². The van der Waals surface area contributed by atoms with Crippen LogP contribution < -0.4 is 9.64 Å². The molecule has 0 aliphatic carbocycles. The number of anilines is 1. The number of carbonyl (C=O) groups is 1. The molecule has 1 atom stereocenters. The van der Waals surface area contributed by atoms with E-state index in [1.165, 1.54) is 7.11 Å². The first-order valence-corrected chi connectivity index (χ1v) is 6.38. The van der Waals surface area contributed by atoms with Gasteiger partial charge in [-0.1, -0.05) is 6.92 Å². The maximum Gasteiger partial charge on any atom is 0.329 e. The molecule has 104 valence electrons. The van der Waals surface area contributed by atoms with Gasteiger partial charge in [-0.05, 0) is 30.9 Å². The molecule has 1 aromatic rings. The predicted molar refractivity (Wildman–Crippen MR) is 68.6 cm³/mol. The molecule has 2 heterocycles. The Bertz CT molecular complexity index is 499. The molecule has 8 heteroatoms. The van der Waals surface area contributed by atoms with Crippen molar-refractivity contribution in [1.82, 2.24) is 15.0 Å². The van der Waals surface area contributed by atoms with E-state index in [1.807, 2.05) is 6.92 Å². The van der Waals surface area contributed by atoms with E-state index < -0.39 is 11.5 Å². The molecule has 0 bridgehead atoms. The van der Waals surface area contributed by atoms with E-state index in [-0.39, 0.29) is 17.2 Å². The van der Waals surface area contributed by atoms with Gasteiger partial charge in [-0.15, -0.1) is 0 Å². The number of carboxylic acid groups (broad SMARTS) is 1. The number of hydrogen-bond acceptors (Lipinski definition) is 6.